The summed E-state index contributed by atoms with van der Waals surface area (Å²) in [5, 5.41) is 8.02. The number of benzene rings is 2. The second-order valence-electron chi connectivity index (χ2n) is 10.3. The van der Waals surface area contributed by atoms with Gasteiger partial charge in [0.1, 0.15) is 18.0 Å². The molecule has 1 fully saturated rings. The molecule has 1 saturated heterocycles. The van der Waals surface area contributed by atoms with Crippen LogP contribution in [0.15, 0.2) is 61.7 Å². The third-order valence-corrected chi connectivity index (χ3v) is 7.93. The fraction of sp³-hybridized carbons (Fsp3) is 0.323. The Morgan fingerprint density at radius 2 is 1.98 bits per heavy atom. The van der Waals surface area contributed by atoms with Crippen LogP contribution >= 0.6 is 23.2 Å². The largest absolute Gasteiger partial charge is 0.359 e. The molecule has 10 nitrogen and oxygen atoms in total. The number of anilines is 1. The van der Waals surface area contributed by atoms with Crippen molar-refractivity contribution in [3.63, 3.8) is 0 Å². The Bertz CT molecular complexity index is 1660. The van der Waals surface area contributed by atoms with Crippen LogP contribution in [0.25, 0.3) is 21.9 Å². The summed E-state index contributed by atoms with van der Waals surface area (Å²) in [5.74, 6) is 0.971. The summed E-state index contributed by atoms with van der Waals surface area (Å²) in [4.78, 5) is 46.7. The predicted molar refractivity (Wildman–Crippen MR) is 171 cm³/mol. The number of halogens is 2. The Kier molecular flexibility index (Phi) is 9.79. The SMILES string of the molecule is C=CN(/C=C\C)CCNC(=O)CCC(Nc1ncnc2cc(C(=O)N3CCCC3)c(Cl)cc12)c1nc2ccc(Cl)cc2[nH]1. The van der Waals surface area contributed by atoms with Gasteiger partial charge in [0.2, 0.25) is 5.91 Å². The van der Waals surface area contributed by atoms with Gasteiger partial charge < -0.3 is 25.4 Å². The number of aromatic amines is 1. The smallest absolute Gasteiger partial charge is 0.255 e. The van der Waals surface area contributed by atoms with Crippen LogP contribution in [0.1, 0.15) is 54.8 Å². The van der Waals surface area contributed by atoms with Crippen LogP contribution in [0.4, 0.5) is 5.82 Å². The molecule has 3 N–H and O–H groups in total. The van der Waals surface area contributed by atoms with E-state index in [-0.39, 0.29) is 18.2 Å². The van der Waals surface area contributed by atoms with E-state index >= 15 is 0 Å². The number of rotatable bonds is 12. The number of hydrogen-bond donors (Lipinski definition) is 3. The van der Waals surface area contributed by atoms with Crippen molar-refractivity contribution in [2.45, 2.75) is 38.6 Å². The maximum absolute atomic E-state index is 13.1. The molecule has 0 spiro atoms. The van der Waals surface area contributed by atoms with Crippen molar-refractivity contribution in [2.24, 2.45) is 0 Å². The van der Waals surface area contributed by atoms with Crippen molar-refractivity contribution >= 4 is 62.8 Å². The minimum absolute atomic E-state index is 0.0869. The zero-order chi connectivity index (χ0) is 30.3. The Morgan fingerprint density at radius 3 is 2.74 bits per heavy atom. The molecule has 1 aliphatic rings. The number of allylic oxidation sites excluding steroid dienone is 1. The Balaban J connectivity index is 1.38. The van der Waals surface area contributed by atoms with Gasteiger partial charge in [-0.2, -0.15) is 0 Å². The van der Waals surface area contributed by atoms with Crippen LogP contribution in [-0.4, -0.2) is 67.7 Å². The standard InChI is InChI=1S/C31H34Cl2N8O2/c1-3-12-40(4-2)15-11-34-28(42)10-9-25(30-37-24-8-7-20(32)16-27(24)39-30)38-29-22-17-23(33)21(18-26(22)35-19-36-29)31(43)41-13-5-6-14-41/h3-4,7-8,12,16-19,25H,2,5-6,9-11,13-15H2,1H3,(H,34,42)(H,37,39)(H,35,36,38)/b12-3-. The molecule has 1 unspecified atom stereocenters. The number of likely N-dealkylation sites (tertiary alicyclic amines) is 1. The van der Waals surface area contributed by atoms with Gasteiger partial charge in [0.15, 0.2) is 0 Å². The molecule has 5 rings (SSSR count). The zero-order valence-electron chi connectivity index (χ0n) is 23.9. The first kappa shape index (κ1) is 30.3. The summed E-state index contributed by atoms with van der Waals surface area (Å²) in [6, 6.07) is 8.47. The average Bonchev–Trinajstić information content (AvgIpc) is 3.69. The summed E-state index contributed by atoms with van der Waals surface area (Å²) < 4.78 is 0. The highest BCUT2D eigenvalue weighted by Crippen LogP contribution is 2.32. The number of aromatic nitrogens is 4. The van der Waals surface area contributed by atoms with Gasteiger partial charge in [0.25, 0.3) is 5.91 Å². The van der Waals surface area contributed by atoms with Crippen LogP contribution in [0.3, 0.4) is 0 Å². The van der Waals surface area contributed by atoms with E-state index in [1.165, 1.54) is 6.33 Å². The lowest BCUT2D eigenvalue weighted by atomic mass is 10.1. The second kappa shape index (κ2) is 13.9. The number of H-pyrrole nitrogens is 1. The van der Waals surface area contributed by atoms with Crippen molar-refractivity contribution in [1.29, 1.82) is 0 Å². The molecule has 3 heterocycles. The third-order valence-electron chi connectivity index (χ3n) is 7.38. The van der Waals surface area contributed by atoms with Crippen LogP contribution in [0, 0.1) is 0 Å². The van der Waals surface area contributed by atoms with Gasteiger partial charge in [-0.1, -0.05) is 35.9 Å². The highest BCUT2D eigenvalue weighted by molar-refractivity contribution is 6.35. The molecular formula is C31H34Cl2N8O2. The average molecular weight is 622 g/mol. The number of hydrogen-bond acceptors (Lipinski definition) is 7. The first-order valence-electron chi connectivity index (χ1n) is 14.3. The highest BCUT2D eigenvalue weighted by Gasteiger charge is 2.24. The molecule has 12 heteroatoms. The quantitative estimate of drug-likeness (QED) is 0.176. The van der Waals surface area contributed by atoms with E-state index in [1.54, 1.807) is 24.4 Å². The predicted octanol–water partition coefficient (Wildman–Crippen LogP) is 6.08. The zero-order valence-corrected chi connectivity index (χ0v) is 25.5. The van der Waals surface area contributed by atoms with Gasteiger partial charge in [-0.15, -0.1) is 0 Å². The van der Waals surface area contributed by atoms with E-state index in [2.05, 4.69) is 32.2 Å². The van der Waals surface area contributed by atoms with Gasteiger partial charge in [-0.3, -0.25) is 9.59 Å². The van der Waals surface area contributed by atoms with Gasteiger partial charge in [0.05, 0.1) is 33.2 Å². The maximum atomic E-state index is 13.1. The van der Waals surface area contributed by atoms with Crippen molar-refractivity contribution in [2.75, 3.05) is 31.5 Å². The maximum Gasteiger partial charge on any atom is 0.255 e. The molecule has 2 amide bonds. The van der Waals surface area contributed by atoms with Gasteiger partial charge in [-0.05, 0) is 68.9 Å². The summed E-state index contributed by atoms with van der Waals surface area (Å²) in [7, 11) is 0. The Labute approximate surface area is 260 Å². The number of imidazole rings is 1. The van der Waals surface area contributed by atoms with Crippen LogP contribution in [0.5, 0.6) is 0 Å². The number of nitrogens with zero attached hydrogens (tertiary/aromatic N) is 5. The molecule has 224 valence electrons. The molecular weight excluding hydrogens is 587 g/mol. The van der Waals surface area contributed by atoms with E-state index in [0.29, 0.717) is 57.7 Å². The normalized spacial score (nSPS) is 14.0. The fourth-order valence-electron chi connectivity index (χ4n) is 5.16. The fourth-order valence-corrected chi connectivity index (χ4v) is 5.58. The van der Waals surface area contributed by atoms with Crippen molar-refractivity contribution in [3.05, 3.63) is 83.1 Å². The molecule has 43 heavy (non-hydrogen) atoms. The number of carbonyl (C=O) groups is 2. The van der Waals surface area contributed by atoms with E-state index in [4.69, 9.17) is 28.2 Å². The lowest BCUT2D eigenvalue weighted by molar-refractivity contribution is -0.121. The first-order valence-corrected chi connectivity index (χ1v) is 15.0. The number of amides is 2. The molecule has 2 aromatic heterocycles. The van der Waals surface area contributed by atoms with E-state index in [9.17, 15) is 9.59 Å². The molecule has 1 atom stereocenters. The Morgan fingerprint density at radius 1 is 1.16 bits per heavy atom. The molecule has 4 aromatic rings. The lowest BCUT2D eigenvalue weighted by Gasteiger charge is -2.20. The van der Waals surface area contributed by atoms with Gasteiger partial charge in [-0.25, -0.2) is 15.0 Å². The Hall–Kier alpha value is -4.15. The summed E-state index contributed by atoms with van der Waals surface area (Å²) in [6.07, 6.45) is 9.61. The molecule has 2 aromatic carbocycles. The minimum atomic E-state index is -0.410. The number of carbonyl (C=O) groups excluding carboxylic acids is 2. The highest BCUT2D eigenvalue weighted by atomic mass is 35.5. The van der Waals surface area contributed by atoms with Crippen molar-refractivity contribution in [3.8, 4) is 0 Å². The van der Waals surface area contributed by atoms with E-state index in [1.807, 2.05) is 41.1 Å². The molecule has 0 aliphatic carbocycles. The summed E-state index contributed by atoms with van der Waals surface area (Å²) in [5.41, 5.74) is 2.55. The summed E-state index contributed by atoms with van der Waals surface area (Å²) in [6.45, 7) is 8.26. The molecule has 0 saturated carbocycles. The van der Waals surface area contributed by atoms with Crippen LogP contribution in [0.2, 0.25) is 10.0 Å². The van der Waals surface area contributed by atoms with Crippen molar-refractivity contribution < 1.29 is 9.59 Å². The van der Waals surface area contributed by atoms with E-state index in [0.717, 1.165) is 37.0 Å². The molecule has 1 aliphatic heterocycles. The topological polar surface area (TPSA) is 119 Å². The van der Waals surface area contributed by atoms with Gasteiger partial charge >= 0.3 is 0 Å². The number of nitrogens with one attached hydrogen (secondary N) is 3. The van der Waals surface area contributed by atoms with Crippen LogP contribution in [-0.2, 0) is 4.79 Å². The monoisotopic (exact) mass is 620 g/mol. The molecule has 0 bridgehead atoms. The third kappa shape index (κ3) is 7.26. The van der Waals surface area contributed by atoms with Crippen LogP contribution < -0.4 is 10.6 Å². The lowest BCUT2D eigenvalue weighted by Crippen LogP contribution is -2.31. The van der Waals surface area contributed by atoms with Gasteiger partial charge in [0, 0.05) is 43.0 Å². The molecule has 0 radical (unpaired) electrons. The second-order valence-corrected chi connectivity index (χ2v) is 11.2. The van der Waals surface area contributed by atoms with Crippen molar-refractivity contribution in [1.82, 2.24) is 35.1 Å². The summed E-state index contributed by atoms with van der Waals surface area (Å²) >= 11 is 12.9. The minimum Gasteiger partial charge on any atom is -0.359 e. The first-order chi connectivity index (χ1) is 20.9. The number of fused-ring (bicyclic) bond motifs is 2. The van der Waals surface area contributed by atoms with E-state index < -0.39 is 6.04 Å².